The van der Waals surface area contributed by atoms with Gasteiger partial charge >= 0.3 is 0 Å². The van der Waals surface area contributed by atoms with Gasteiger partial charge in [-0.05, 0) is 75.1 Å². The number of H-pyrrole nitrogens is 1. The van der Waals surface area contributed by atoms with E-state index in [1.165, 1.54) is 6.20 Å². The van der Waals surface area contributed by atoms with Crippen molar-refractivity contribution < 1.29 is 9.18 Å². The Balaban J connectivity index is 1.26. The Labute approximate surface area is 221 Å². The number of nitrogens with one attached hydrogen (secondary N) is 3. The third-order valence-electron chi connectivity index (χ3n) is 7.96. The largest absolute Gasteiger partial charge is 0.342 e. The van der Waals surface area contributed by atoms with Gasteiger partial charge in [0.15, 0.2) is 11.6 Å². The van der Waals surface area contributed by atoms with Crippen LogP contribution in [0.2, 0.25) is 5.02 Å². The third kappa shape index (κ3) is 5.14. The number of likely N-dealkylation sites (tertiary alicyclic amines) is 1. The van der Waals surface area contributed by atoms with Crippen LogP contribution in [0.4, 0.5) is 27.7 Å². The van der Waals surface area contributed by atoms with Crippen LogP contribution >= 0.6 is 11.6 Å². The number of carbonyl (C=O) groups is 1. The molecule has 10 heteroatoms. The van der Waals surface area contributed by atoms with Crippen LogP contribution in [0.1, 0.15) is 68.2 Å². The summed E-state index contributed by atoms with van der Waals surface area (Å²) in [5.74, 6) is 1.34. The summed E-state index contributed by atoms with van der Waals surface area (Å²) in [6.45, 7) is 7.47. The molecule has 0 unspecified atom stereocenters. The summed E-state index contributed by atoms with van der Waals surface area (Å²) in [6.07, 6.45) is 7.25. The highest BCUT2D eigenvalue weighted by molar-refractivity contribution is 6.32. The van der Waals surface area contributed by atoms with Crippen molar-refractivity contribution in [3.8, 4) is 0 Å². The summed E-state index contributed by atoms with van der Waals surface area (Å²) in [6, 6.07) is 5.23. The Morgan fingerprint density at radius 3 is 2.59 bits per heavy atom. The number of benzene rings is 1. The molecule has 0 bridgehead atoms. The van der Waals surface area contributed by atoms with Gasteiger partial charge in [0.2, 0.25) is 11.9 Å². The standard InChI is InChI=1S/C27H33ClFN7O/c1-4-27(8-5-9-27)25(37)36-10-6-18(7-11-36)19-14-21(29)22(12-16(19)2)31-26-30-15-20(28)24(33-26)32-23-13-17(3)34-35-23/h12-15,18H,4-11H2,1-3H3,(H3,30,31,32,33,34,35). The maximum atomic E-state index is 15.2. The maximum Gasteiger partial charge on any atom is 0.229 e. The highest BCUT2D eigenvalue weighted by Crippen LogP contribution is 2.46. The second-order valence-electron chi connectivity index (χ2n) is 10.3. The minimum atomic E-state index is -0.366. The van der Waals surface area contributed by atoms with Gasteiger partial charge in [-0.3, -0.25) is 9.89 Å². The van der Waals surface area contributed by atoms with Crippen LogP contribution in [0.3, 0.4) is 0 Å². The van der Waals surface area contributed by atoms with Crippen molar-refractivity contribution in [3.63, 3.8) is 0 Å². The van der Waals surface area contributed by atoms with Crippen molar-refractivity contribution in [2.24, 2.45) is 5.41 Å². The van der Waals surface area contributed by atoms with E-state index >= 15 is 4.39 Å². The van der Waals surface area contributed by atoms with Crippen LogP contribution in [0, 0.1) is 25.1 Å². The molecular weight excluding hydrogens is 493 g/mol. The first-order valence-corrected chi connectivity index (χ1v) is 13.3. The van der Waals surface area contributed by atoms with E-state index in [-0.39, 0.29) is 23.1 Å². The molecule has 2 aliphatic rings. The lowest BCUT2D eigenvalue weighted by atomic mass is 9.66. The second kappa shape index (κ2) is 10.3. The van der Waals surface area contributed by atoms with Gasteiger partial charge in [0.05, 0.1) is 11.9 Å². The Bertz CT molecular complexity index is 1290. The van der Waals surface area contributed by atoms with E-state index in [0.717, 1.165) is 68.4 Å². The van der Waals surface area contributed by atoms with Gasteiger partial charge in [-0.25, -0.2) is 9.37 Å². The first-order valence-electron chi connectivity index (χ1n) is 13.0. The number of aromatic nitrogens is 4. The normalized spacial score (nSPS) is 17.4. The van der Waals surface area contributed by atoms with E-state index in [1.54, 1.807) is 12.1 Å². The van der Waals surface area contributed by atoms with Gasteiger partial charge in [-0.2, -0.15) is 10.1 Å². The zero-order valence-electron chi connectivity index (χ0n) is 21.5. The SMILES string of the molecule is CCC1(C(=O)N2CCC(c3cc(F)c(Nc4ncc(Cl)c(Nc5cc(C)[nH]n5)n4)cc3C)CC2)CCC1. The summed E-state index contributed by atoms with van der Waals surface area (Å²) in [4.78, 5) is 23.7. The van der Waals surface area contributed by atoms with Crippen molar-refractivity contribution >= 4 is 40.8 Å². The molecule has 3 heterocycles. The van der Waals surface area contributed by atoms with Gasteiger partial charge in [0.25, 0.3) is 0 Å². The molecule has 1 amide bonds. The minimum absolute atomic E-state index is 0.127. The molecule has 1 saturated carbocycles. The molecule has 8 nitrogen and oxygen atoms in total. The summed E-state index contributed by atoms with van der Waals surface area (Å²) < 4.78 is 15.2. The molecule has 5 rings (SSSR count). The molecular formula is C27H33ClFN7O. The molecule has 0 spiro atoms. The van der Waals surface area contributed by atoms with Crippen molar-refractivity contribution in [1.29, 1.82) is 0 Å². The number of hydrogen-bond donors (Lipinski definition) is 3. The van der Waals surface area contributed by atoms with Gasteiger partial charge in [0, 0.05) is 30.3 Å². The smallest absolute Gasteiger partial charge is 0.229 e. The lowest BCUT2D eigenvalue weighted by Gasteiger charge is -2.45. The van der Waals surface area contributed by atoms with Crippen LogP contribution in [0.15, 0.2) is 24.4 Å². The van der Waals surface area contributed by atoms with E-state index in [0.29, 0.717) is 28.3 Å². The molecule has 2 fully saturated rings. The van der Waals surface area contributed by atoms with E-state index in [2.05, 4.69) is 37.7 Å². The molecule has 3 aromatic rings. The molecule has 0 atom stereocenters. The number of hydrogen-bond acceptors (Lipinski definition) is 6. The number of aryl methyl sites for hydroxylation is 2. The third-order valence-corrected chi connectivity index (χ3v) is 8.24. The number of halogens is 2. The molecule has 1 aromatic carbocycles. The molecule has 196 valence electrons. The number of rotatable bonds is 7. The van der Waals surface area contributed by atoms with Gasteiger partial charge in [0.1, 0.15) is 10.8 Å². The number of amides is 1. The molecule has 37 heavy (non-hydrogen) atoms. The molecule has 3 N–H and O–H groups in total. The van der Waals surface area contributed by atoms with E-state index in [9.17, 15) is 4.79 Å². The number of anilines is 4. The highest BCUT2D eigenvalue weighted by atomic mass is 35.5. The molecule has 1 saturated heterocycles. The average molecular weight is 526 g/mol. The van der Waals surface area contributed by atoms with Crippen molar-refractivity contribution in [2.75, 3.05) is 23.7 Å². The summed E-state index contributed by atoms with van der Waals surface area (Å²) in [5, 5.41) is 13.3. The second-order valence-corrected chi connectivity index (χ2v) is 10.7. The fraction of sp³-hybridized carbons (Fsp3) is 0.481. The lowest BCUT2D eigenvalue weighted by Crippen LogP contribution is -2.49. The van der Waals surface area contributed by atoms with Crippen molar-refractivity contribution in [3.05, 3.63) is 52.1 Å². The number of aromatic amines is 1. The lowest BCUT2D eigenvalue weighted by molar-refractivity contribution is -0.149. The molecule has 1 aliphatic carbocycles. The summed E-state index contributed by atoms with van der Waals surface area (Å²) in [7, 11) is 0. The fourth-order valence-corrected chi connectivity index (χ4v) is 5.66. The summed E-state index contributed by atoms with van der Waals surface area (Å²) >= 11 is 6.24. The van der Waals surface area contributed by atoms with Crippen LogP contribution < -0.4 is 10.6 Å². The minimum Gasteiger partial charge on any atom is -0.342 e. The number of carbonyl (C=O) groups excluding carboxylic acids is 1. The quantitative estimate of drug-likeness (QED) is 0.331. The van der Waals surface area contributed by atoms with Crippen LogP contribution in [0.5, 0.6) is 0 Å². The van der Waals surface area contributed by atoms with Gasteiger partial charge in [-0.15, -0.1) is 0 Å². The zero-order chi connectivity index (χ0) is 26.2. The summed E-state index contributed by atoms with van der Waals surface area (Å²) in [5.41, 5.74) is 3.06. The molecule has 0 radical (unpaired) electrons. The first-order chi connectivity index (χ1) is 17.8. The topological polar surface area (TPSA) is 98.8 Å². The molecule has 2 aromatic heterocycles. The van der Waals surface area contributed by atoms with Gasteiger partial charge < -0.3 is 15.5 Å². The fourth-order valence-electron chi connectivity index (χ4n) is 5.52. The van der Waals surface area contributed by atoms with Gasteiger partial charge in [-0.1, -0.05) is 24.9 Å². The van der Waals surface area contributed by atoms with Crippen molar-refractivity contribution in [2.45, 2.75) is 65.2 Å². The van der Waals surface area contributed by atoms with Crippen molar-refractivity contribution in [1.82, 2.24) is 25.1 Å². The predicted molar refractivity (Wildman–Crippen MR) is 143 cm³/mol. The highest BCUT2D eigenvalue weighted by Gasteiger charge is 2.45. The van der Waals surface area contributed by atoms with E-state index in [1.807, 2.05) is 24.8 Å². The number of piperidine rings is 1. The van der Waals surface area contributed by atoms with E-state index < -0.39 is 0 Å². The first kappa shape index (κ1) is 25.4. The van der Waals surface area contributed by atoms with Crippen LogP contribution in [-0.4, -0.2) is 44.1 Å². The van der Waals surface area contributed by atoms with Crippen LogP contribution in [0.25, 0.3) is 0 Å². The van der Waals surface area contributed by atoms with E-state index in [4.69, 9.17) is 11.6 Å². The average Bonchev–Trinajstić information content (AvgIpc) is 3.27. The monoisotopic (exact) mass is 525 g/mol. The Morgan fingerprint density at radius 1 is 1.22 bits per heavy atom. The van der Waals surface area contributed by atoms with Crippen LogP contribution in [-0.2, 0) is 4.79 Å². The zero-order valence-corrected chi connectivity index (χ0v) is 22.3. The molecule has 1 aliphatic heterocycles. The number of nitrogens with zero attached hydrogens (tertiary/aromatic N) is 4. The Morgan fingerprint density at radius 2 is 1.97 bits per heavy atom. The Hall–Kier alpha value is -3.20. The Kier molecular flexibility index (Phi) is 7.07. The maximum absolute atomic E-state index is 15.2. The predicted octanol–water partition coefficient (Wildman–Crippen LogP) is 6.38.